The lowest BCUT2D eigenvalue weighted by atomic mass is 10.3. The molecule has 2 aromatic rings. The molecule has 7 heteroatoms. The molecule has 2 rings (SSSR count). The van der Waals surface area contributed by atoms with Crippen molar-refractivity contribution in [1.82, 2.24) is 9.38 Å². The van der Waals surface area contributed by atoms with Crippen LogP contribution in [0.25, 0.3) is 5.65 Å². The maximum absolute atomic E-state index is 11.6. The normalized spacial score (nSPS) is 11.0. The average Bonchev–Trinajstić information content (AvgIpc) is 2.86. The largest absolute Gasteiger partial charge is 0.476 e. The van der Waals surface area contributed by atoms with Gasteiger partial charge in [0.15, 0.2) is 11.5 Å². The van der Waals surface area contributed by atoms with Gasteiger partial charge in [-0.1, -0.05) is 6.07 Å². The molecule has 0 aromatic carbocycles. The number of fused-ring (bicyclic) bond motifs is 1. The Morgan fingerprint density at radius 1 is 1.29 bits per heavy atom. The van der Waals surface area contributed by atoms with E-state index in [0.29, 0.717) is 37.8 Å². The van der Waals surface area contributed by atoms with Gasteiger partial charge in [-0.05, 0) is 12.1 Å². The first kappa shape index (κ1) is 15.3. The Morgan fingerprint density at radius 3 is 2.52 bits per heavy atom. The summed E-state index contributed by atoms with van der Waals surface area (Å²) < 4.78 is 11.7. The molecular formula is C14H19N3O4. The molecule has 0 amide bonds. The van der Waals surface area contributed by atoms with Gasteiger partial charge >= 0.3 is 5.97 Å². The van der Waals surface area contributed by atoms with Crippen LogP contribution in [-0.4, -0.2) is 61.0 Å². The number of methoxy groups -OCH3 is 2. The maximum Gasteiger partial charge on any atom is 0.356 e. The highest BCUT2D eigenvalue weighted by Crippen LogP contribution is 2.21. The van der Waals surface area contributed by atoms with E-state index in [2.05, 4.69) is 4.98 Å². The zero-order valence-corrected chi connectivity index (χ0v) is 12.2. The Kier molecular flexibility index (Phi) is 5.13. The molecule has 2 heterocycles. The second-order valence-electron chi connectivity index (χ2n) is 4.49. The van der Waals surface area contributed by atoms with Crippen LogP contribution in [0.1, 0.15) is 10.5 Å². The number of hydrogen-bond acceptors (Lipinski definition) is 5. The van der Waals surface area contributed by atoms with Gasteiger partial charge in [0.2, 0.25) is 0 Å². The minimum Gasteiger partial charge on any atom is -0.476 e. The van der Waals surface area contributed by atoms with E-state index in [1.807, 2.05) is 11.0 Å². The smallest absolute Gasteiger partial charge is 0.356 e. The summed E-state index contributed by atoms with van der Waals surface area (Å²) in [6.07, 6.45) is 1.69. The standard InChI is InChI=1S/C14H19N3O4/c1-20-9-7-16(8-10-21-2)13-12(14(18)19)17-6-4-3-5-11(17)15-13/h3-6H,7-10H2,1-2H3,(H,18,19). The Hall–Kier alpha value is -2.12. The van der Waals surface area contributed by atoms with Crippen molar-refractivity contribution in [1.29, 1.82) is 0 Å². The monoisotopic (exact) mass is 293 g/mol. The van der Waals surface area contributed by atoms with Crippen molar-refractivity contribution >= 4 is 17.4 Å². The molecule has 0 aliphatic carbocycles. The quantitative estimate of drug-likeness (QED) is 0.786. The lowest BCUT2D eigenvalue weighted by Gasteiger charge is -2.22. The molecule has 0 saturated carbocycles. The van der Waals surface area contributed by atoms with E-state index in [0.717, 1.165) is 0 Å². The second kappa shape index (κ2) is 7.05. The van der Waals surface area contributed by atoms with Crippen molar-refractivity contribution in [2.45, 2.75) is 0 Å². The van der Waals surface area contributed by atoms with Gasteiger partial charge in [-0.2, -0.15) is 0 Å². The van der Waals surface area contributed by atoms with E-state index < -0.39 is 5.97 Å². The van der Waals surface area contributed by atoms with E-state index in [-0.39, 0.29) is 5.69 Å². The molecule has 114 valence electrons. The molecular weight excluding hydrogens is 274 g/mol. The zero-order chi connectivity index (χ0) is 15.2. The summed E-state index contributed by atoms with van der Waals surface area (Å²) in [5, 5.41) is 9.50. The second-order valence-corrected chi connectivity index (χ2v) is 4.49. The van der Waals surface area contributed by atoms with Crippen LogP contribution in [0.5, 0.6) is 0 Å². The molecule has 0 atom stereocenters. The van der Waals surface area contributed by atoms with Crippen LogP contribution < -0.4 is 4.90 Å². The molecule has 0 fully saturated rings. The van der Waals surface area contributed by atoms with E-state index in [1.165, 1.54) is 0 Å². The number of aromatic nitrogens is 2. The van der Waals surface area contributed by atoms with Crippen LogP contribution in [-0.2, 0) is 9.47 Å². The average molecular weight is 293 g/mol. The van der Waals surface area contributed by atoms with Crippen LogP contribution >= 0.6 is 0 Å². The van der Waals surface area contributed by atoms with Crippen molar-refractivity contribution in [3.63, 3.8) is 0 Å². The fourth-order valence-electron chi connectivity index (χ4n) is 2.13. The highest BCUT2D eigenvalue weighted by atomic mass is 16.5. The lowest BCUT2D eigenvalue weighted by Crippen LogP contribution is -2.32. The Balaban J connectivity index is 2.44. The minimum atomic E-state index is -1.01. The SMILES string of the molecule is COCCN(CCOC)c1nc2ccccn2c1C(=O)O. The van der Waals surface area contributed by atoms with Gasteiger partial charge < -0.3 is 19.5 Å². The third-order valence-electron chi connectivity index (χ3n) is 3.14. The Morgan fingerprint density at radius 2 is 1.95 bits per heavy atom. The predicted molar refractivity (Wildman–Crippen MR) is 78.1 cm³/mol. The number of anilines is 1. The molecule has 0 spiro atoms. The first-order chi connectivity index (χ1) is 10.2. The van der Waals surface area contributed by atoms with E-state index >= 15 is 0 Å². The number of imidazole rings is 1. The van der Waals surface area contributed by atoms with Crippen molar-refractivity contribution in [3.05, 3.63) is 30.1 Å². The van der Waals surface area contributed by atoms with Gasteiger partial charge in [0, 0.05) is 33.5 Å². The summed E-state index contributed by atoms with van der Waals surface area (Å²) in [7, 11) is 3.21. The number of ether oxygens (including phenoxy) is 2. The molecule has 0 unspecified atom stereocenters. The zero-order valence-electron chi connectivity index (χ0n) is 12.2. The number of rotatable bonds is 8. The van der Waals surface area contributed by atoms with Crippen LogP contribution in [0.15, 0.2) is 24.4 Å². The number of carboxylic acid groups (broad SMARTS) is 1. The molecule has 21 heavy (non-hydrogen) atoms. The lowest BCUT2D eigenvalue weighted by molar-refractivity contribution is 0.0689. The molecule has 2 aromatic heterocycles. The molecule has 1 N–H and O–H groups in total. The van der Waals surface area contributed by atoms with Gasteiger partial charge in [-0.3, -0.25) is 4.40 Å². The highest BCUT2D eigenvalue weighted by molar-refractivity contribution is 5.93. The minimum absolute atomic E-state index is 0.151. The first-order valence-electron chi connectivity index (χ1n) is 6.62. The third kappa shape index (κ3) is 3.32. The fraction of sp³-hybridized carbons (Fsp3) is 0.429. The van der Waals surface area contributed by atoms with Gasteiger partial charge in [0.25, 0.3) is 0 Å². The van der Waals surface area contributed by atoms with Gasteiger partial charge in [0.1, 0.15) is 5.65 Å². The van der Waals surface area contributed by atoms with E-state index in [9.17, 15) is 9.90 Å². The molecule has 7 nitrogen and oxygen atoms in total. The Labute approximate surface area is 122 Å². The number of carbonyl (C=O) groups is 1. The summed E-state index contributed by atoms with van der Waals surface area (Å²) in [5.41, 5.74) is 0.752. The summed E-state index contributed by atoms with van der Waals surface area (Å²) in [4.78, 5) is 17.9. The van der Waals surface area contributed by atoms with Crippen molar-refractivity contribution in [2.75, 3.05) is 45.4 Å². The van der Waals surface area contributed by atoms with Crippen molar-refractivity contribution in [3.8, 4) is 0 Å². The summed E-state index contributed by atoms with van der Waals surface area (Å²) in [6.45, 7) is 2.06. The number of nitrogens with zero attached hydrogens (tertiary/aromatic N) is 3. The molecule has 0 saturated heterocycles. The van der Waals surface area contributed by atoms with Crippen molar-refractivity contribution in [2.24, 2.45) is 0 Å². The Bertz CT molecular complexity index is 603. The van der Waals surface area contributed by atoms with Gasteiger partial charge in [0.05, 0.1) is 13.2 Å². The van der Waals surface area contributed by atoms with Crippen LogP contribution in [0.3, 0.4) is 0 Å². The molecule has 0 radical (unpaired) electrons. The maximum atomic E-state index is 11.6. The molecule has 0 aliphatic rings. The van der Waals surface area contributed by atoms with Crippen molar-refractivity contribution < 1.29 is 19.4 Å². The predicted octanol–water partition coefficient (Wildman–Crippen LogP) is 1.13. The van der Waals surface area contributed by atoms with Gasteiger partial charge in [-0.15, -0.1) is 0 Å². The van der Waals surface area contributed by atoms with Crippen LogP contribution in [0, 0.1) is 0 Å². The summed E-state index contributed by atoms with van der Waals surface area (Å²) in [6, 6.07) is 5.38. The highest BCUT2D eigenvalue weighted by Gasteiger charge is 2.22. The molecule has 0 bridgehead atoms. The van der Waals surface area contributed by atoms with E-state index in [4.69, 9.17) is 9.47 Å². The topological polar surface area (TPSA) is 76.3 Å². The molecule has 0 aliphatic heterocycles. The number of aromatic carboxylic acids is 1. The first-order valence-corrected chi connectivity index (χ1v) is 6.62. The van der Waals surface area contributed by atoms with E-state index in [1.54, 1.807) is 36.9 Å². The number of carboxylic acids is 1. The van der Waals surface area contributed by atoms with Gasteiger partial charge in [-0.25, -0.2) is 9.78 Å². The number of hydrogen-bond donors (Lipinski definition) is 1. The van der Waals surface area contributed by atoms with Crippen LogP contribution in [0.2, 0.25) is 0 Å². The number of pyridine rings is 1. The summed E-state index contributed by atoms with van der Waals surface area (Å²) >= 11 is 0. The summed E-state index contributed by atoms with van der Waals surface area (Å²) in [5.74, 6) is -0.577. The third-order valence-corrected chi connectivity index (χ3v) is 3.14. The fourth-order valence-corrected chi connectivity index (χ4v) is 2.13. The van der Waals surface area contributed by atoms with Crippen LogP contribution in [0.4, 0.5) is 5.82 Å².